The summed E-state index contributed by atoms with van der Waals surface area (Å²) in [5, 5.41) is 13.3. The van der Waals surface area contributed by atoms with E-state index in [0.717, 1.165) is 24.4 Å². The van der Waals surface area contributed by atoms with E-state index in [1.54, 1.807) is 0 Å². The topological polar surface area (TPSA) is 32.3 Å². The van der Waals surface area contributed by atoms with Crippen LogP contribution < -0.4 is 5.32 Å². The lowest BCUT2D eigenvalue weighted by atomic mass is 9.95. The van der Waals surface area contributed by atoms with Crippen molar-refractivity contribution in [1.82, 2.24) is 0 Å². The van der Waals surface area contributed by atoms with E-state index in [1.807, 2.05) is 0 Å². The van der Waals surface area contributed by atoms with Gasteiger partial charge in [-0.05, 0) is 49.8 Å². The van der Waals surface area contributed by atoms with Crippen molar-refractivity contribution >= 4 is 5.69 Å². The van der Waals surface area contributed by atoms with Gasteiger partial charge < -0.3 is 10.4 Å². The van der Waals surface area contributed by atoms with Crippen molar-refractivity contribution in [3.63, 3.8) is 0 Å². The van der Waals surface area contributed by atoms with Crippen LogP contribution in [0.2, 0.25) is 0 Å². The minimum atomic E-state index is -0.0888. The van der Waals surface area contributed by atoms with E-state index in [1.165, 1.54) is 18.4 Å². The highest BCUT2D eigenvalue weighted by Gasteiger charge is 2.37. The standard InChI is InChI=1S/C15H23NO/c1-3-13-7-8-15(10-13,11-17)16-14-6-4-5-12(2)9-14/h4-6,9,13,16-17H,3,7-8,10-11H2,1-2H3. The van der Waals surface area contributed by atoms with Gasteiger partial charge in [0.05, 0.1) is 12.1 Å². The smallest absolute Gasteiger partial charge is 0.0661 e. The molecular formula is C15H23NO. The Labute approximate surface area is 104 Å². The first-order valence-corrected chi connectivity index (χ1v) is 6.63. The summed E-state index contributed by atoms with van der Waals surface area (Å²) in [5.74, 6) is 0.763. The molecule has 0 amide bonds. The summed E-state index contributed by atoms with van der Waals surface area (Å²) in [4.78, 5) is 0. The SMILES string of the molecule is CCC1CCC(CO)(Nc2cccc(C)c2)C1. The van der Waals surface area contributed by atoms with Gasteiger partial charge in [-0.25, -0.2) is 0 Å². The van der Waals surface area contributed by atoms with E-state index in [2.05, 4.69) is 43.4 Å². The predicted octanol–water partition coefficient (Wildman–Crippen LogP) is 3.35. The summed E-state index contributed by atoms with van der Waals surface area (Å²) in [6.07, 6.45) is 4.62. The molecule has 2 heteroatoms. The second-order valence-corrected chi connectivity index (χ2v) is 5.45. The fraction of sp³-hybridized carbons (Fsp3) is 0.600. The van der Waals surface area contributed by atoms with Crippen molar-refractivity contribution in [3.05, 3.63) is 29.8 Å². The number of aliphatic hydroxyl groups excluding tert-OH is 1. The summed E-state index contributed by atoms with van der Waals surface area (Å²) in [5.41, 5.74) is 2.30. The molecule has 0 radical (unpaired) electrons. The first-order valence-electron chi connectivity index (χ1n) is 6.63. The van der Waals surface area contributed by atoms with Gasteiger partial charge in [0.2, 0.25) is 0 Å². The highest BCUT2D eigenvalue weighted by molar-refractivity contribution is 5.48. The number of hydrogen-bond donors (Lipinski definition) is 2. The summed E-state index contributed by atoms with van der Waals surface area (Å²) >= 11 is 0. The molecule has 1 aliphatic carbocycles. The van der Waals surface area contributed by atoms with Gasteiger partial charge in [-0.3, -0.25) is 0 Å². The van der Waals surface area contributed by atoms with Crippen molar-refractivity contribution < 1.29 is 5.11 Å². The van der Waals surface area contributed by atoms with Crippen molar-refractivity contribution in [2.75, 3.05) is 11.9 Å². The van der Waals surface area contributed by atoms with E-state index >= 15 is 0 Å². The Balaban J connectivity index is 2.10. The molecule has 2 nitrogen and oxygen atoms in total. The van der Waals surface area contributed by atoms with Crippen LogP contribution in [0.1, 0.15) is 38.2 Å². The fourth-order valence-corrected chi connectivity index (χ4v) is 2.91. The molecule has 2 rings (SSSR count). The van der Waals surface area contributed by atoms with Gasteiger partial charge in [0, 0.05) is 5.69 Å². The van der Waals surface area contributed by atoms with Crippen LogP contribution in [0.5, 0.6) is 0 Å². The van der Waals surface area contributed by atoms with E-state index in [9.17, 15) is 5.11 Å². The van der Waals surface area contributed by atoms with Crippen molar-refractivity contribution in [2.45, 2.75) is 45.1 Å². The van der Waals surface area contributed by atoms with E-state index in [-0.39, 0.29) is 12.1 Å². The second kappa shape index (κ2) is 5.09. The van der Waals surface area contributed by atoms with E-state index in [4.69, 9.17) is 0 Å². The Morgan fingerprint density at radius 1 is 1.47 bits per heavy atom. The summed E-state index contributed by atoms with van der Waals surface area (Å²) < 4.78 is 0. The molecule has 0 aliphatic heterocycles. The number of rotatable bonds is 4. The average Bonchev–Trinajstić information content (AvgIpc) is 2.73. The maximum absolute atomic E-state index is 9.70. The minimum Gasteiger partial charge on any atom is -0.394 e. The zero-order chi connectivity index (χ0) is 12.3. The van der Waals surface area contributed by atoms with Crippen LogP contribution in [0.25, 0.3) is 0 Å². The molecule has 0 spiro atoms. The zero-order valence-electron chi connectivity index (χ0n) is 10.9. The molecule has 1 saturated carbocycles. The number of anilines is 1. The molecule has 1 aromatic rings. The number of aryl methyl sites for hydroxylation is 1. The first kappa shape index (κ1) is 12.4. The highest BCUT2D eigenvalue weighted by atomic mass is 16.3. The van der Waals surface area contributed by atoms with Crippen LogP contribution in [-0.4, -0.2) is 17.3 Å². The van der Waals surface area contributed by atoms with E-state index < -0.39 is 0 Å². The van der Waals surface area contributed by atoms with Gasteiger partial charge in [-0.2, -0.15) is 0 Å². The Morgan fingerprint density at radius 2 is 2.29 bits per heavy atom. The maximum Gasteiger partial charge on any atom is 0.0661 e. The van der Waals surface area contributed by atoms with Crippen LogP contribution in [0.3, 0.4) is 0 Å². The molecular weight excluding hydrogens is 210 g/mol. The minimum absolute atomic E-state index is 0.0888. The summed E-state index contributed by atoms with van der Waals surface area (Å²) in [6.45, 7) is 4.57. The van der Waals surface area contributed by atoms with Crippen molar-refractivity contribution in [2.24, 2.45) is 5.92 Å². The van der Waals surface area contributed by atoms with Gasteiger partial charge in [-0.1, -0.05) is 25.5 Å². The third-order valence-corrected chi connectivity index (χ3v) is 4.02. The Kier molecular flexibility index (Phi) is 3.72. The molecule has 0 aromatic heterocycles. The quantitative estimate of drug-likeness (QED) is 0.836. The summed E-state index contributed by atoms with van der Waals surface area (Å²) in [6, 6.07) is 8.40. The molecule has 1 aliphatic rings. The van der Waals surface area contributed by atoms with Gasteiger partial charge in [0.25, 0.3) is 0 Å². The monoisotopic (exact) mass is 233 g/mol. The predicted molar refractivity (Wildman–Crippen MR) is 72.3 cm³/mol. The lowest BCUT2D eigenvalue weighted by Crippen LogP contribution is -2.39. The van der Waals surface area contributed by atoms with Crippen LogP contribution >= 0.6 is 0 Å². The van der Waals surface area contributed by atoms with Gasteiger partial charge in [-0.15, -0.1) is 0 Å². The molecule has 0 saturated heterocycles. The van der Waals surface area contributed by atoms with Crippen LogP contribution in [-0.2, 0) is 0 Å². The van der Waals surface area contributed by atoms with E-state index in [0.29, 0.717) is 0 Å². The molecule has 0 bridgehead atoms. The largest absolute Gasteiger partial charge is 0.394 e. The number of nitrogens with one attached hydrogen (secondary N) is 1. The van der Waals surface area contributed by atoms with Crippen LogP contribution in [0.4, 0.5) is 5.69 Å². The van der Waals surface area contributed by atoms with Crippen LogP contribution in [0, 0.1) is 12.8 Å². The summed E-state index contributed by atoms with van der Waals surface area (Å²) in [7, 11) is 0. The Morgan fingerprint density at radius 3 is 2.88 bits per heavy atom. The average molecular weight is 233 g/mol. The van der Waals surface area contributed by atoms with Gasteiger partial charge in [0.15, 0.2) is 0 Å². The number of aliphatic hydroxyl groups is 1. The maximum atomic E-state index is 9.70. The first-order chi connectivity index (χ1) is 8.17. The zero-order valence-corrected chi connectivity index (χ0v) is 10.9. The third-order valence-electron chi connectivity index (χ3n) is 4.02. The molecule has 2 unspecified atom stereocenters. The van der Waals surface area contributed by atoms with Crippen molar-refractivity contribution in [3.8, 4) is 0 Å². The molecule has 0 heterocycles. The Hall–Kier alpha value is -1.02. The van der Waals surface area contributed by atoms with Crippen molar-refractivity contribution in [1.29, 1.82) is 0 Å². The fourth-order valence-electron chi connectivity index (χ4n) is 2.91. The second-order valence-electron chi connectivity index (χ2n) is 5.45. The Bertz CT molecular complexity index is 377. The lowest BCUT2D eigenvalue weighted by molar-refractivity contribution is 0.210. The van der Waals surface area contributed by atoms with Crippen LogP contribution in [0.15, 0.2) is 24.3 Å². The number of benzene rings is 1. The molecule has 2 atom stereocenters. The normalized spacial score (nSPS) is 28.3. The molecule has 17 heavy (non-hydrogen) atoms. The lowest BCUT2D eigenvalue weighted by Gasteiger charge is -2.30. The third kappa shape index (κ3) is 2.81. The molecule has 1 fully saturated rings. The highest BCUT2D eigenvalue weighted by Crippen LogP contribution is 2.38. The molecule has 2 N–H and O–H groups in total. The molecule has 1 aromatic carbocycles. The van der Waals surface area contributed by atoms with Gasteiger partial charge >= 0.3 is 0 Å². The molecule has 94 valence electrons. The number of hydrogen-bond acceptors (Lipinski definition) is 2. The van der Waals surface area contributed by atoms with Gasteiger partial charge in [0.1, 0.15) is 0 Å².